The molecule has 0 bridgehead atoms. The van der Waals surface area contributed by atoms with Crippen molar-refractivity contribution in [3.05, 3.63) is 99.0 Å². The maximum Gasteiger partial charge on any atom is 0.251 e. The molecule has 6 nitrogen and oxygen atoms in total. The zero-order valence-electron chi connectivity index (χ0n) is 23.3. The number of methoxy groups -OCH3 is 2. The lowest BCUT2D eigenvalue weighted by atomic mass is 9.86. The van der Waals surface area contributed by atoms with Crippen molar-refractivity contribution >= 4 is 11.5 Å². The lowest BCUT2D eigenvalue weighted by molar-refractivity contribution is -0.129. The molecule has 1 fully saturated rings. The van der Waals surface area contributed by atoms with Gasteiger partial charge in [0.05, 0.1) is 20.3 Å². The van der Waals surface area contributed by atoms with Crippen LogP contribution in [-0.4, -0.2) is 36.1 Å². The molecule has 2 aromatic carbocycles. The quantitative estimate of drug-likeness (QED) is 0.408. The maximum absolute atomic E-state index is 13.0. The monoisotopic (exact) mass is 514 g/mol. The Morgan fingerprint density at radius 3 is 2.32 bits per heavy atom. The Labute approximate surface area is 225 Å². The van der Waals surface area contributed by atoms with Gasteiger partial charge in [-0.1, -0.05) is 64.1 Å². The van der Waals surface area contributed by atoms with Crippen LogP contribution in [0.15, 0.2) is 65.5 Å². The van der Waals surface area contributed by atoms with Crippen LogP contribution in [0, 0.1) is 0 Å². The number of rotatable bonds is 8. The van der Waals surface area contributed by atoms with Gasteiger partial charge in [-0.2, -0.15) is 0 Å². The Balaban J connectivity index is 1.76. The van der Waals surface area contributed by atoms with Gasteiger partial charge in [0.2, 0.25) is 5.91 Å². The van der Waals surface area contributed by atoms with Crippen LogP contribution in [0.25, 0.3) is 5.57 Å². The van der Waals surface area contributed by atoms with Crippen LogP contribution >= 0.6 is 0 Å². The summed E-state index contributed by atoms with van der Waals surface area (Å²) in [4.78, 5) is 30.8. The summed E-state index contributed by atoms with van der Waals surface area (Å²) >= 11 is 0. The van der Waals surface area contributed by atoms with Gasteiger partial charge >= 0.3 is 0 Å². The molecule has 6 heteroatoms. The Kier molecular flexibility index (Phi) is 8.10. The number of nitrogens with one attached hydrogen (secondary N) is 1. The highest BCUT2D eigenvalue weighted by atomic mass is 16.5. The smallest absolute Gasteiger partial charge is 0.251 e. The fourth-order valence-corrected chi connectivity index (χ4v) is 4.92. The van der Waals surface area contributed by atoms with E-state index in [1.165, 1.54) is 5.56 Å². The summed E-state index contributed by atoms with van der Waals surface area (Å²) in [6.45, 7) is 8.97. The number of H-pyrrole nitrogens is 1. The number of nitrogens with zero attached hydrogens (tertiary/aromatic N) is 1. The molecular formula is C32H38N2O4. The van der Waals surface area contributed by atoms with Crippen LogP contribution in [0.1, 0.15) is 68.5 Å². The number of likely N-dealkylation sites (tertiary alicyclic amines) is 1. The first kappa shape index (κ1) is 27.2. The third-order valence-electron chi connectivity index (χ3n) is 7.29. The van der Waals surface area contributed by atoms with Crippen LogP contribution in [-0.2, 0) is 23.2 Å². The summed E-state index contributed by atoms with van der Waals surface area (Å²) in [5, 5.41) is 0. The molecule has 0 spiro atoms. The molecule has 1 aliphatic heterocycles. The van der Waals surface area contributed by atoms with Gasteiger partial charge in [-0.05, 0) is 47.6 Å². The second-order valence-corrected chi connectivity index (χ2v) is 10.8. The van der Waals surface area contributed by atoms with Crippen LogP contribution < -0.4 is 15.0 Å². The molecule has 1 aliphatic rings. The minimum atomic E-state index is -0.124. The number of aromatic amines is 1. The van der Waals surface area contributed by atoms with E-state index < -0.39 is 0 Å². The largest absolute Gasteiger partial charge is 0.497 e. The van der Waals surface area contributed by atoms with Crippen LogP contribution in [0.3, 0.4) is 0 Å². The predicted molar refractivity (Wildman–Crippen MR) is 152 cm³/mol. The van der Waals surface area contributed by atoms with Crippen molar-refractivity contribution in [3.63, 3.8) is 0 Å². The van der Waals surface area contributed by atoms with E-state index in [1.807, 2.05) is 42.2 Å². The van der Waals surface area contributed by atoms with E-state index >= 15 is 0 Å². The molecule has 2 heterocycles. The first-order valence-electron chi connectivity index (χ1n) is 13.2. The lowest BCUT2D eigenvalue weighted by Gasteiger charge is -2.25. The number of aryl methyl sites for hydroxylation is 1. The second kappa shape index (κ2) is 11.3. The van der Waals surface area contributed by atoms with Gasteiger partial charge in [-0.25, -0.2) is 0 Å². The van der Waals surface area contributed by atoms with Crippen LogP contribution in [0.4, 0.5) is 0 Å². The normalized spacial score (nSPS) is 16.2. The second-order valence-electron chi connectivity index (χ2n) is 10.8. The number of hydrogen-bond acceptors (Lipinski definition) is 4. The Morgan fingerprint density at radius 2 is 1.71 bits per heavy atom. The number of pyridine rings is 1. The van der Waals surface area contributed by atoms with Crippen LogP contribution in [0.2, 0.25) is 0 Å². The first-order valence-corrected chi connectivity index (χ1v) is 13.2. The highest BCUT2D eigenvalue weighted by Crippen LogP contribution is 2.33. The Hall–Kier alpha value is -3.80. The van der Waals surface area contributed by atoms with E-state index in [-0.39, 0.29) is 22.9 Å². The van der Waals surface area contributed by atoms with Gasteiger partial charge in [0.1, 0.15) is 11.5 Å². The van der Waals surface area contributed by atoms with Gasteiger partial charge in [0, 0.05) is 41.4 Å². The van der Waals surface area contributed by atoms with Crippen molar-refractivity contribution in [2.75, 3.05) is 14.2 Å². The van der Waals surface area contributed by atoms with Crippen molar-refractivity contribution in [3.8, 4) is 11.5 Å². The minimum absolute atomic E-state index is 0.0333. The molecule has 38 heavy (non-hydrogen) atoms. The topological polar surface area (TPSA) is 71.6 Å². The number of carbonyl (C=O) groups excluding carboxylic acids is 1. The summed E-state index contributed by atoms with van der Waals surface area (Å²) in [6.07, 6.45) is 3.98. The van der Waals surface area contributed by atoms with Gasteiger partial charge < -0.3 is 19.4 Å². The van der Waals surface area contributed by atoms with Crippen molar-refractivity contribution in [1.29, 1.82) is 0 Å². The van der Waals surface area contributed by atoms with E-state index in [4.69, 9.17) is 9.47 Å². The molecule has 1 N–H and O–H groups in total. The zero-order valence-corrected chi connectivity index (χ0v) is 23.3. The standard InChI is InChI=1S/C32H38N2O4/c1-7-21-11-16-28(33-31(21)36)27(22-8-12-24(13-9-22)32(2,3)4)18-25-14-17-30(35)34(25)20-23-10-15-26(37-5)19-29(23)38-6/h8-13,15-16,18-19,25H,7,14,17,20H2,1-6H3,(H,33,36)/b27-18-/t25-/m1/s1. The summed E-state index contributed by atoms with van der Waals surface area (Å²) < 4.78 is 10.9. The predicted octanol–water partition coefficient (Wildman–Crippen LogP) is 5.87. The Bertz CT molecular complexity index is 1380. The number of benzene rings is 2. The SMILES string of the molecule is CCc1ccc(/C(=C\[C@H]2CCC(=O)N2Cc2ccc(OC)cc2OC)c2ccc(C(C)(C)C)cc2)[nH]c1=O. The van der Waals surface area contributed by atoms with Crippen molar-refractivity contribution in [2.24, 2.45) is 0 Å². The highest BCUT2D eigenvalue weighted by Gasteiger charge is 2.31. The summed E-state index contributed by atoms with van der Waals surface area (Å²) in [7, 11) is 3.24. The van der Waals surface area contributed by atoms with Crippen molar-refractivity contribution < 1.29 is 14.3 Å². The van der Waals surface area contributed by atoms with Crippen molar-refractivity contribution in [1.82, 2.24) is 9.88 Å². The van der Waals surface area contributed by atoms with Crippen LogP contribution in [0.5, 0.6) is 11.5 Å². The van der Waals surface area contributed by atoms with E-state index in [0.717, 1.165) is 28.0 Å². The first-order chi connectivity index (χ1) is 18.1. The number of hydrogen-bond donors (Lipinski definition) is 1. The molecular weight excluding hydrogens is 476 g/mol. The Morgan fingerprint density at radius 1 is 1.00 bits per heavy atom. The molecule has 4 rings (SSSR count). The summed E-state index contributed by atoms with van der Waals surface area (Å²) in [6, 6.07) is 17.9. The molecule has 0 saturated carbocycles. The molecule has 1 amide bonds. The fourth-order valence-electron chi connectivity index (χ4n) is 4.92. The maximum atomic E-state index is 13.0. The third-order valence-corrected chi connectivity index (χ3v) is 7.29. The molecule has 3 aromatic rings. The van der Waals surface area contributed by atoms with Gasteiger partial charge in [0.15, 0.2) is 0 Å². The zero-order chi connectivity index (χ0) is 27.4. The summed E-state index contributed by atoms with van der Waals surface area (Å²) in [5.41, 5.74) is 5.52. The fraction of sp³-hybridized carbons (Fsp3) is 0.375. The molecule has 0 unspecified atom stereocenters. The number of carbonyl (C=O) groups is 1. The molecule has 1 aromatic heterocycles. The van der Waals surface area contributed by atoms with Gasteiger partial charge in [-0.3, -0.25) is 9.59 Å². The number of ether oxygens (including phenoxy) is 2. The van der Waals surface area contributed by atoms with E-state index in [0.29, 0.717) is 37.3 Å². The average molecular weight is 515 g/mol. The molecule has 1 saturated heterocycles. The molecule has 200 valence electrons. The molecule has 1 atom stereocenters. The van der Waals surface area contributed by atoms with Gasteiger partial charge in [0.25, 0.3) is 5.56 Å². The number of aromatic nitrogens is 1. The average Bonchev–Trinajstić information content (AvgIpc) is 3.25. The highest BCUT2D eigenvalue weighted by molar-refractivity contribution is 5.82. The lowest BCUT2D eigenvalue weighted by Crippen LogP contribution is -2.31. The minimum Gasteiger partial charge on any atom is -0.497 e. The van der Waals surface area contributed by atoms with E-state index in [2.05, 4.69) is 56.1 Å². The molecule has 0 aliphatic carbocycles. The number of amides is 1. The van der Waals surface area contributed by atoms with E-state index in [9.17, 15) is 9.59 Å². The summed E-state index contributed by atoms with van der Waals surface area (Å²) in [5.74, 6) is 1.49. The van der Waals surface area contributed by atoms with Crippen molar-refractivity contribution in [2.45, 2.75) is 65.0 Å². The van der Waals surface area contributed by atoms with E-state index in [1.54, 1.807) is 14.2 Å². The third kappa shape index (κ3) is 5.85. The van der Waals surface area contributed by atoms with Gasteiger partial charge in [-0.15, -0.1) is 0 Å². The molecule has 0 radical (unpaired) electrons.